The molecule has 1 aliphatic carbocycles. The van der Waals surface area contributed by atoms with Crippen LogP contribution in [0.3, 0.4) is 0 Å². The van der Waals surface area contributed by atoms with Crippen molar-refractivity contribution >= 4 is 17.8 Å². The Morgan fingerprint density at radius 1 is 1.06 bits per heavy atom. The van der Waals surface area contributed by atoms with Gasteiger partial charge < -0.3 is 15.7 Å². The van der Waals surface area contributed by atoms with Crippen molar-refractivity contribution in [1.29, 1.82) is 0 Å². The van der Waals surface area contributed by atoms with Gasteiger partial charge >= 0.3 is 5.97 Å². The van der Waals surface area contributed by atoms with Gasteiger partial charge in [-0.15, -0.1) is 0 Å². The van der Waals surface area contributed by atoms with Crippen molar-refractivity contribution < 1.29 is 19.5 Å². The van der Waals surface area contributed by atoms with E-state index < -0.39 is 23.5 Å². The Morgan fingerprint density at radius 3 is 2.27 bits per heavy atom. The van der Waals surface area contributed by atoms with Gasteiger partial charge in [0.2, 0.25) is 11.8 Å². The molecule has 1 unspecified atom stereocenters. The van der Waals surface area contributed by atoms with Crippen LogP contribution in [0.15, 0.2) is 43.0 Å². The van der Waals surface area contributed by atoms with Crippen molar-refractivity contribution in [3.8, 4) is 11.1 Å². The summed E-state index contributed by atoms with van der Waals surface area (Å²) >= 11 is 0. The number of aromatic nitrogens is 2. The summed E-state index contributed by atoms with van der Waals surface area (Å²) in [5, 5.41) is 15.4. The van der Waals surface area contributed by atoms with Crippen LogP contribution >= 0.6 is 0 Å². The summed E-state index contributed by atoms with van der Waals surface area (Å²) in [5.74, 6) is -1.46. The van der Waals surface area contributed by atoms with Gasteiger partial charge in [0.05, 0.1) is 0 Å². The zero-order valence-corrected chi connectivity index (χ0v) is 19.2. The van der Waals surface area contributed by atoms with E-state index in [-0.39, 0.29) is 18.2 Å². The number of benzene rings is 1. The molecule has 0 spiro atoms. The molecule has 2 atom stereocenters. The number of hydrogen-bond acceptors (Lipinski definition) is 5. The Labute approximate surface area is 194 Å². The molecule has 8 nitrogen and oxygen atoms in total. The lowest BCUT2D eigenvalue weighted by Gasteiger charge is -2.31. The fraction of sp³-hybridized carbons (Fsp3) is 0.480. The minimum Gasteiger partial charge on any atom is -0.480 e. The van der Waals surface area contributed by atoms with Crippen molar-refractivity contribution in [2.45, 2.75) is 70.4 Å². The van der Waals surface area contributed by atoms with Crippen LogP contribution in [0.4, 0.5) is 0 Å². The lowest BCUT2D eigenvalue weighted by molar-refractivity contribution is -0.143. The molecule has 1 fully saturated rings. The molecule has 0 saturated heterocycles. The van der Waals surface area contributed by atoms with Crippen molar-refractivity contribution in [3.63, 3.8) is 0 Å². The molecular formula is C25H32N4O4. The predicted molar refractivity (Wildman–Crippen MR) is 124 cm³/mol. The standard InChI is InChI=1S/C25H32N4O4/c1-3-17(2)12-22(30)29-25(10-4-5-11-25)24(33)28-21(23(31)32)13-18-6-8-19(9-7-18)20-14-26-16-27-15-20/h6-9,14-17,21H,3-5,10-13H2,1-2H3,(H,28,33)(H,29,30)(H,31,32)/t17-,21?/m1/s1. The van der Waals surface area contributed by atoms with Crippen molar-refractivity contribution in [1.82, 2.24) is 20.6 Å². The maximum atomic E-state index is 13.2. The molecule has 1 aromatic heterocycles. The maximum Gasteiger partial charge on any atom is 0.326 e. The topological polar surface area (TPSA) is 121 Å². The fourth-order valence-corrected chi connectivity index (χ4v) is 4.18. The van der Waals surface area contributed by atoms with Crippen LogP contribution in [0.1, 0.15) is 57.9 Å². The molecule has 1 aliphatic rings. The molecule has 2 amide bonds. The summed E-state index contributed by atoms with van der Waals surface area (Å²) in [6, 6.07) is 6.34. The van der Waals surface area contributed by atoms with E-state index in [1.54, 1.807) is 12.4 Å². The average Bonchev–Trinajstić information content (AvgIpc) is 3.29. The lowest BCUT2D eigenvalue weighted by atomic mass is 9.93. The lowest BCUT2D eigenvalue weighted by Crippen LogP contribution is -2.60. The fourth-order valence-electron chi connectivity index (χ4n) is 4.18. The molecular weight excluding hydrogens is 420 g/mol. The molecule has 2 aromatic rings. The number of carboxylic acids is 1. The van der Waals surface area contributed by atoms with Crippen LogP contribution in [0, 0.1) is 5.92 Å². The number of hydrogen-bond donors (Lipinski definition) is 3. The van der Waals surface area contributed by atoms with E-state index in [1.165, 1.54) is 6.33 Å². The number of carbonyl (C=O) groups is 3. The molecule has 1 aromatic carbocycles. The van der Waals surface area contributed by atoms with E-state index in [1.807, 2.05) is 38.1 Å². The Kier molecular flexibility index (Phi) is 8.14. The summed E-state index contributed by atoms with van der Waals surface area (Å²) in [4.78, 5) is 45.7. The maximum absolute atomic E-state index is 13.2. The van der Waals surface area contributed by atoms with E-state index in [9.17, 15) is 19.5 Å². The molecule has 33 heavy (non-hydrogen) atoms. The Hall–Kier alpha value is -3.29. The van der Waals surface area contributed by atoms with E-state index in [2.05, 4.69) is 20.6 Å². The highest BCUT2D eigenvalue weighted by molar-refractivity contribution is 5.94. The second kappa shape index (κ2) is 11.0. The first-order valence-corrected chi connectivity index (χ1v) is 11.5. The third kappa shape index (κ3) is 6.37. The summed E-state index contributed by atoms with van der Waals surface area (Å²) < 4.78 is 0. The Balaban J connectivity index is 1.68. The van der Waals surface area contributed by atoms with E-state index in [4.69, 9.17) is 0 Å². The van der Waals surface area contributed by atoms with E-state index >= 15 is 0 Å². The third-order valence-corrected chi connectivity index (χ3v) is 6.39. The second-order valence-corrected chi connectivity index (χ2v) is 8.95. The van der Waals surface area contributed by atoms with Gasteiger partial charge in [-0.2, -0.15) is 0 Å². The molecule has 3 N–H and O–H groups in total. The van der Waals surface area contributed by atoms with Crippen LogP contribution in [0.2, 0.25) is 0 Å². The van der Waals surface area contributed by atoms with Gasteiger partial charge in [-0.1, -0.05) is 57.4 Å². The molecule has 3 rings (SSSR count). The molecule has 8 heteroatoms. The van der Waals surface area contributed by atoms with Gasteiger partial charge in [-0.05, 0) is 29.9 Å². The average molecular weight is 453 g/mol. The quantitative estimate of drug-likeness (QED) is 0.509. The Morgan fingerprint density at radius 2 is 1.70 bits per heavy atom. The highest BCUT2D eigenvalue weighted by atomic mass is 16.4. The van der Waals surface area contributed by atoms with Crippen LogP contribution < -0.4 is 10.6 Å². The number of rotatable bonds is 10. The van der Waals surface area contributed by atoms with Crippen LogP contribution in [0.25, 0.3) is 11.1 Å². The molecule has 0 aliphatic heterocycles. The highest BCUT2D eigenvalue weighted by Gasteiger charge is 2.43. The van der Waals surface area contributed by atoms with Crippen LogP contribution in [-0.4, -0.2) is 44.4 Å². The van der Waals surface area contributed by atoms with Gasteiger partial charge in [0.15, 0.2) is 0 Å². The zero-order valence-electron chi connectivity index (χ0n) is 19.2. The second-order valence-electron chi connectivity index (χ2n) is 8.95. The Bertz CT molecular complexity index is 956. The monoisotopic (exact) mass is 452 g/mol. The summed E-state index contributed by atoms with van der Waals surface area (Å²) in [5.41, 5.74) is 1.53. The van der Waals surface area contributed by atoms with E-state index in [0.29, 0.717) is 19.3 Å². The molecule has 1 saturated carbocycles. The highest BCUT2D eigenvalue weighted by Crippen LogP contribution is 2.30. The van der Waals surface area contributed by atoms with Crippen LogP contribution in [0.5, 0.6) is 0 Å². The minimum absolute atomic E-state index is 0.142. The van der Waals surface area contributed by atoms with Crippen molar-refractivity contribution in [3.05, 3.63) is 48.5 Å². The van der Waals surface area contributed by atoms with Gasteiger partial charge in [0.25, 0.3) is 0 Å². The number of nitrogens with zero attached hydrogens (tertiary/aromatic N) is 2. The van der Waals surface area contributed by atoms with E-state index in [0.717, 1.165) is 36.0 Å². The number of aliphatic carboxylic acids is 1. The first-order chi connectivity index (χ1) is 15.8. The minimum atomic E-state index is -1.11. The molecule has 1 heterocycles. The summed E-state index contributed by atoms with van der Waals surface area (Å²) in [6.07, 6.45) is 8.93. The number of amides is 2. The smallest absolute Gasteiger partial charge is 0.326 e. The molecule has 0 radical (unpaired) electrons. The normalized spacial score (nSPS) is 16.5. The first-order valence-electron chi connectivity index (χ1n) is 11.5. The summed E-state index contributed by atoms with van der Waals surface area (Å²) in [6.45, 7) is 4.02. The van der Waals surface area contributed by atoms with Crippen molar-refractivity contribution in [2.75, 3.05) is 0 Å². The van der Waals surface area contributed by atoms with Gasteiger partial charge in [0, 0.05) is 30.8 Å². The zero-order chi connectivity index (χ0) is 23.8. The van der Waals surface area contributed by atoms with Gasteiger partial charge in [-0.25, -0.2) is 14.8 Å². The number of nitrogens with one attached hydrogen (secondary N) is 2. The number of carboxylic acid groups (broad SMARTS) is 1. The third-order valence-electron chi connectivity index (χ3n) is 6.39. The molecule has 0 bridgehead atoms. The van der Waals surface area contributed by atoms with Gasteiger partial charge in [-0.3, -0.25) is 9.59 Å². The van der Waals surface area contributed by atoms with Crippen LogP contribution in [-0.2, 0) is 20.8 Å². The largest absolute Gasteiger partial charge is 0.480 e. The number of carbonyl (C=O) groups excluding carboxylic acids is 2. The predicted octanol–water partition coefficient (Wildman–Crippen LogP) is 3.12. The first kappa shape index (κ1) is 24.4. The SMILES string of the molecule is CC[C@@H](C)CC(=O)NC1(C(=O)NC(Cc2ccc(-c3cncnc3)cc2)C(=O)O)CCCC1. The molecule has 176 valence electrons. The van der Waals surface area contributed by atoms with Gasteiger partial charge in [0.1, 0.15) is 17.9 Å². The summed E-state index contributed by atoms with van der Waals surface area (Å²) in [7, 11) is 0. The van der Waals surface area contributed by atoms with Crippen molar-refractivity contribution in [2.24, 2.45) is 5.92 Å².